The molecule has 2 heterocycles. The van der Waals surface area contributed by atoms with Gasteiger partial charge in [-0.1, -0.05) is 0 Å². The van der Waals surface area contributed by atoms with Gasteiger partial charge in [0.25, 0.3) is 0 Å². The number of β-lactam (4-membered cyclic amide) rings is 1. The van der Waals surface area contributed by atoms with Crippen LogP contribution in [-0.4, -0.2) is 64.0 Å². The van der Waals surface area contributed by atoms with E-state index in [-0.39, 0.29) is 13.0 Å². The maximum absolute atomic E-state index is 12.2. The molecule has 0 bridgehead atoms. The molecule has 1 saturated heterocycles. The van der Waals surface area contributed by atoms with Crippen LogP contribution in [0, 0.1) is 5.41 Å². The first-order chi connectivity index (χ1) is 10.9. The third kappa shape index (κ3) is 3.36. The third-order valence-electron chi connectivity index (χ3n) is 3.35. The summed E-state index contributed by atoms with van der Waals surface area (Å²) >= 11 is 1.18. The molecule has 2 aliphatic rings. The van der Waals surface area contributed by atoms with E-state index in [2.05, 4.69) is 5.32 Å². The highest BCUT2D eigenvalue weighted by molar-refractivity contribution is 8.02. The number of carboxylic acid groups (broad SMARTS) is 1. The number of hydrogen-bond donors (Lipinski definition) is 3. The standard InChI is InChI=1S/C13H15N3O6S/c1-6(17)22-4-7-5-23-12-9(15-8(18)2-3-14)11(19)16(12)10(7)13(20)21/h3,5,9-10,12,14H,2,4H2,1H3,(H,15,18)(H,20,21)/t9-,10?,12-/m1/s1. The van der Waals surface area contributed by atoms with Gasteiger partial charge < -0.3 is 25.5 Å². The van der Waals surface area contributed by atoms with Crippen LogP contribution in [0.15, 0.2) is 11.0 Å². The van der Waals surface area contributed by atoms with E-state index in [0.717, 1.165) is 11.1 Å². The average molecular weight is 341 g/mol. The Morgan fingerprint density at radius 1 is 1.52 bits per heavy atom. The van der Waals surface area contributed by atoms with Crippen molar-refractivity contribution in [1.82, 2.24) is 10.2 Å². The average Bonchev–Trinajstić information content (AvgIpc) is 2.49. The van der Waals surface area contributed by atoms with Gasteiger partial charge in [-0.15, -0.1) is 11.8 Å². The Balaban J connectivity index is 2.13. The molecule has 2 amide bonds. The smallest absolute Gasteiger partial charge is 0.330 e. The van der Waals surface area contributed by atoms with E-state index in [0.29, 0.717) is 5.57 Å². The molecule has 23 heavy (non-hydrogen) atoms. The van der Waals surface area contributed by atoms with Crippen LogP contribution in [0.4, 0.5) is 0 Å². The molecule has 2 rings (SSSR count). The van der Waals surface area contributed by atoms with Gasteiger partial charge in [0.05, 0.1) is 6.42 Å². The van der Waals surface area contributed by atoms with Crippen LogP contribution in [-0.2, 0) is 23.9 Å². The lowest BCUT2D eigenvalue weighted by atomic mass is 9.98. The van der Waals surface area contributed by atoms with Crippen molar-refractivity contribution >= 4 is 41.7 Å². The minimum absolute atomic E-state index is 0.142. The lowest BCUT2D eigenvalue weighted by molar-refractivity contribution is -0.160. The lowest BCUT2D eigenvalue weighted by Crippen LogP contribution is -2.74. The molecule has 124 valence electrons. The molecule has 0 spiro atoms. The van der Waals surface area contributed by atoms with Crippen LogP contribution in [0.1, 0.15) is 13.3 Å². The number of carbonyl (C=O) groups is 4. The molecule has 9 nitrogen and oxygen atoms in total. The van der Waals surface area contributed by atoms with Crippen molar-refractivity contribution in [3.63, 3.8) is 0 Å². The van der Waals surface area contributed by atoms with Gasteiger partial charge in [-0.3, -0.25) is 14.4 Å². The largest absolute Gasteiger partial charge is 0.479 e. The predicted molar refractivity (Wildman–Crippen MR) is 79.7 cm³/mol. The van der Waals surface area contributed by atoms with Crippen molar-refractivity contribution in [2.75, 3.05) is 6.61 Å². The molecular formula is C13H15N3O6S. The van der Waals surface area contributed by atoms with Crippen molar-refractivity contribution in [2.24, 2.45) is 0 Å². The van der Waals surface area contributed by atoms with Crippen LogP contribution in [0.3, 0.4) is 0 Å². The summed E-state index contributed by atoms with van der Waals surface area (Å²) in [5.41, 5.74) is 0.298. The number of nitrogens with zero attached hydrogens (tertiary/aromatic N) is 1. The zero-order chi connectivity index (χ0) is 17.1. The fourth-order valence-corrected chi connectivity index (χ4v) is 3.55. The van der Waals surface area contributed by atoms with Gasteiger partial charge in [-0.2, -0.15) is 0 Å². The number of thioether (sulfide) groups is 1. The van der Waals surface area contributed by atoms with Gasteiger partial charge in [0.1, 0.15) is 18.0 Å². The number of carbonyl (C=O) groups excluding carboxylic acids is 3. The number of hydrogen-bond acceptors (Lipinski definition) is 7. The number of carboxylic acids is 1. The van der Waals surface area contributed by atoms with Crippen LogP contribution in [0.2, 0.25) is 0 Å². The van der Waals surface area contributed by atoms with Crippen LogP contribution in [0.5, 0.6) is 0 Å². The second-order valence-corrected chi connectivity index (χ2v) is 5.93. The van der Waals surface area contributed by atoms with E-state index in [1.54, 1.807) is 5.41 Å². The van der Waals surface area contributed by atoms with Gasteiger partial charge in [-0.25, -0.2) is 4.79 Å². The minimum atomic E-state index is -1.23. The molecule has 0 aliphatic carbocycles. The van der Waals surface area contributed by atoms with E-state index in [1.807, 2.05) is 0 Å². The highest BCUT2D eigenvalue weighted by Gasteiger charge is 2.55. The zero-order valence-electron chi connectivity index (χ0n) is 12.1. The number of rotatable bonds is 6. The Kier molecular flexibility index (Phi) is 5.04. The summed E-state index contributed by atoms with van der Waals surface area (Å²) in [6.07, 6.45) is 0.776. The number of nitrogens with one attached hydrogen (secondary N) is 2. The second-order valence-electron chi connectivity index (χ2n) is 4.94. The maximum Gasteiger partial charge on any atom is 0.330 e. The fourth-order valence-electron chi connectivity index (χ4n) is 2.34. The van der Waals surface area contributed by atoms with E-state index < -0.39 is 41.2 Å². The van der Waals surface area contributed by atoms with E-state index in [4.69, 9.17) is 10.1 Å². The number of esters is 1. The Labute approximate surface area is 135 Å². The summed E-state index contributed by atoms with van der Waals surface area (Å²) in [5.74, 6) is -2.76. The van der Waals surface area contributed by atoms with Crippen LogP contribution >= 0.6 is 11.8 Å². The number of amides is 2. The van der Waals surface area contributed by atoms with E-state index >= 15 is 0 Å². The summed E-state index contributed by atoms with van der Waals surface area (Å²) in [6, 6.07) is -2.04. The summed E-state index contributed by atoms with van der Waals surface area (Å²) in [4.78, 5) is 47.2. The molecule has 0 aromatic heterocycles. The summed E-state index contributed by atoms with van der Waals surface area (Å²) in [7, 11) is 0. The van der Waals surface area contributed by atoms with E-state index in [9.17, 15) is 24.3 Å². The van der Waals surface area contributed by atoms with Gasteiger partial charge in [0.2, 0.25) is 11.8 Å². The van der Waals surface area contributed by atoms with Gasteiger partial charge in [-0.05, 0) is 5.41 Å². The van der Waals surface area contributed by atoms with Gasteiger partial charge >= 0.3 is 11.9 Å². The highest BCUT2D eigenvalue weighted by atomic mass is 32.2. The monoisotopic (exact) mass is 341 g/mol. The molecule has 1 fully saturated rings. The number of fused-ring (bicyclic) bond motifs is 1. The van der Waals surface area contributed by atoms with Crippen molar-refractivity contribution in [3.8, 4) is 0 Å². The molecule has 0 radical (unpaired) electrons. The topological polar surface area (TPSA) is 137 Å². The number of aliphatic carboxylic acids is 1. The molecule has 0 saturated carbocycles. The molecule has 3 atom stereocenters. The van der Waals surface area contributed by atoms with Gasteiger partial charge in [0, 0.05) is 18.7 Å². The first kappa shape index (κ1) is 17.0. The van der Waals surface area contributed by atoms with E-state index in [1.165, 1.54) is 18.7 Å². The van der Waals surface area contributed by atoms with Crippen molar-refractivity contribution < 1.29 is 29.0 Å². The summed E-state index contributed by atoms with van der Waals surface area (Å²) in [6.45, 7) is 0.999. The quantitative estimate of drug-likeness (QED) is 0.331. The van der Waals surface area contributed by atoms with Crippen LogP contribution < -0.4 is 5.32 Å². The maximum atomic E-state index is 12.2. The lowest BCUT2D eigenvalue weighted by Gasteiger charge is -2.51. The molecule has 0 aromatic rings. The molecule has 3 N–H and O–H groups in total. The third-order valence-corrected chi connectivity index (χ3v) is 4.57. The molecule has 0 aromatic carbocycles. The Hall–Kier alpha value is -2.36. The van der Waals surface area contributed by atoms with Crippen LogP contribution in [0.25, 0.3) is 0 Å². The summed E-state index contributed by atoms with van der Waals surface area (Å²) < 4.78 is 4.81. The predicted octanol–water partition coefficient (Wildman–Crippen LogP) is -0.674. The number of ether oxygens (including phenoxy) is 1. The molecule has 1 unspecified atom stereocenters. The first-order valence-corrected chi connectivity index (χ1v) is 7.62. The summed E-state index contributed by atoms with van der Waals surface area (Å²) in [5, 5.41) is 19.7. The minimum Gasteiger partial charge on any atom is -0.479 e. The Morgan fingerprint density at radius 2 is 2.22 bits per heavy atom. The SMILES string of the molecule is CC(=O)OCC1=CS[C@@H]2[C@H](NC(=O)CC=N)C(=O)N2C1C(=O)O. The molecule has 10 heteroatoms. The molecule has 2 aliphatic heterocycles. The Bertz CT molecular complexity index is 605. The molecular weight excluding hydrogens is 326 g/mol. The van der Waals surface area contributed by atoms with Gasteiger partial charge in [0.15, 0.2) is 6.04 Å². The Morgan fingerprint density at radius 3 is 2.78 bits per heavy atom. The first-order valence-electron chi connectivity index (χ1n) is 6.68. The normalized spacial score (nSPS) is 25.6. The van der Waals surface area contributed by atoms with Crippen molar-refractivity contribution in [3.05, 3.63) is 11.0 Å². The fraction of sp³-hybridized carbons (Fsp3) is 0.462. The highest BCUT2D eigenvalue weighted by Crippen LogP contribution is 2.40. The second kappa shape index (κ2) is 6.82. The zero-order valence-corrected chi connectivity index (χ0v) is 13.0. The van der Waals surface area contributed by atoms with Crippen molar-refractivity contribution in [1.29, 1.82) is 5.41 Å². The van der Waals surface area contributed by atoms with Crippen molar-refractivity contribution in [2.45, 2.75) is 30.8 Å².